The molecule has 4 heteroatoms. The first-order valence-corrected chi connectivity index (χ1v) is 9.80. The summed E-state index contributed by atoms with van der Waals surface area (Å²) in [6, 6.07) is 1.42. The molecule has 2 fully saturated rings. The Bertz CT molecular complexity index is 444. The minimum Gasteiger partial charge on any atom is -0.348 e. The standard InChI is InChI=1S/C19H34N4/c1-3-12-22-13-14-23(15-16(22)4-2)18-9-7-5-6-8-17(18)19-20-10-11-21-19/h10-11,16-18H,3-9,12-15H2,1-2H3,(H,20,21). The molecule has 2 heterocycles. The van der Waals surface area contributed by atoms with E-state index in [-0.39, 0.29) is 0 Å². The van der Waals surface area contributed by atoms with Crippen molar-refractivity contribution in [3.63, 3.8) is 0 Å². The van der Waals surface area contributed by atoms with E-state index in [1.165, 1.54) is 76.9 Å². The monoisotopic (exact) mass is 318 g/mol. The van der Waals surface area contributed by atoms with Crippen LogP contribution in [0.1, 0.15) is 70.5 Å². The highest BCUT2D eigenvalue weighted by atomic mass is 15.3. The fraction of sp³-hybridized carbons (Fsp3) is 0.842. The number of hydrogen-bond acceptors (Lipinski definition) is 3. The van der Waals surface area contributed by atoms with Gasteiger partial charge >= 0.3 is 0 Å². The molecule has 0 aromatic carbocycles. The number of piperazine rings is 1. The first-order valence-electron chi connectivity index (χ1n) is 9.80. The van der Waals surface area contributed by atoms with Gasteiger partial charge in [0.2, 0.25) is 0 Å². The minimum atomic E-state index is 0.600. The van der Waals surface area contributed by atoms with Gasteiger partial charge < -0.3 is 4.98 Å². The van der Waals surface area contributed by atoms with Crippen LogP contribution in [0, 0.1) is 0 Å². The number of aromatic nitrogens is 2. The fourth-order valence-electron chi connectivity index (χ4n) is 4.71. The molecule has 0 spiro atoms. The van der Waals surface area contributed by atoms with Crippen molar-refractivity contribution in [2.45, 2.75) is 76.8 Å². The van der Waals surface area contributed by atoms with Gasteiger partial charge in [-0.15, -0.1) is 0 Å². The second-order valence-corrected chi connectivity index (χ2v) is 7.38. The van der Waals surface area contributed by atoms with Crippen molar-refractivity contribution in [3.05, 3.63) is 18.2 Å². The van der Waals surface area contributed by atoms with Crippen molar-refractivity contribution in [3.8, 4) is 0 Å². The van der Waals surface area contributed by atoms with Crippen LogP contribution < -0.4 is 0 Å². The van der Waals surface area contributed by atoms with Crippen LogP contribution in [-0.2, 0) is 0 Å². The fourth-order valence-corrected chi connectivity index (χ4v) is 4.71. The highest BCUT2D eigenvalue weighted by Crippen LogP contribution is 2.34. The molecule has 1 saturated carbocycles. The summed E-state index contributed by atoms with van der Waals surface area (Å²) in [5.41, 5.74) is 0. The molecule has 0 radical (unpaired) electrons. The lowest BCUT2D eigenvalue weighted by Gasteiger charge is -2.46. The van der Waals surface area contributed by atoms with Crippen LogP contribution in [0.2, 0.25) is 0 Å². The van der Waals surface area contributed by atoms with Crippen molar-refractivity contribution in [1.82, 2.24) is 19.8 Å². The van der Waals surface area contributed by atoms with E-state index >= 15 is 0 Å². The van der Waals surface area contributed by atoms with Gasteiger partial charge in [-0.25, -0.2) is 4.98 Å². The molecule has 1 saturated heterocycles. The normalized spacial score (nSPS) is 31.1. The van der Waals surface area contributed by atoms with E-state index in [0.717, 1.165) is 6.04 Å². The maximum atomic E-state index is 4.62. The van der Waals surface area contributed by atoms with E-state index in [1.54, 1.807) is 0 Å². The van der Waals surface area contributed by atoms with Crippen molar-refractivity contribution in [2.24, 2.45) is 0 Å². The van der Waals surface area contributed by atoms with Gasteiger partial charge in [0.1, 0.15) is 5.82 Å². The molecule has 2 aliphatic rings. The maximum absolute atomic E-state index is 4.62. The molecule has 3 rings (SSSR count). The molecule has 0 amide bonds. The average molecular weight is 319 g/mol. The Hall–Kier alpha value is -0.870. The van der Waals surface area contributed by atoms with Crippen LogP contribution in [0.3, 0.4) is 0 Å². The third-order valence-corrected chi connectivity index (χ3v) is 5.94. The summed E-state index contributed by atoms with van der Waals surface area (Å²) in [4.78, 5) is 13.5. The predicted octanol–water partition coefficient (Wildman–Crippen LogP) is 3.63. The Kier molecular flexibility index (Phi) is 6.12. The Morgan fingerprint density at radius 2 is 2.04 bits per heavy atom. The van der Waals surface area contributed by atoms with Crippen molar-refractivity contribution < 1.29 is 0 Å². The van der Waals surface area contributed by atoms with Crippen molar-refractivity contribution in [2.75, 3.05) is 26.2 Å². The molecule has 0 bridgehead atoms. The first kappa shape index (κ1) is 17.0. The number of hydrogen-bond donors (Lipinski definition) is 1. The third kappa shape index (κ3) is 3.97. The van der Waals surface area contributed by atoms with Gasteiger partial charge in [0, 0.05) is 50.0 Å². The SMILES string of the molecule is CCCN1CCN(C2CCCCCC2c2ncc[nH]2)CC1CC. The summed E-state index contributed by atoms with van der Waals surface area (Å²) in [6.07, 6.45) is 13.2. The molecule has 3 atom stereocenters. The lowest BCUT2D eigenvalue weighted by atomic mass is 9.91. The average Bonchev–Trinajstić information content (AvgIpc) is 3.00. The number of nitrogens with one attached hydrogen (secondary N) is 1. The lowest BCUT2D eigenvalue weighted by Crippen LogP contribution is -2.56. The Balaban J connectivity index is 1.72. The number of nitrogens with zero attached hydrogens (tertiary/aromatic N) is 3. The highest BCUT2D eigenvalue weighted by molar-refractivity contribution is 5.04. The lowest BCUT2D eigenvalue weighted by molar-refractivity contribution is 0.0348. The van der Waals surface area contributed by atoms with E-state index in [4.69, 9.17) is 0 Å². The second-order valence-electron chi connectivity index (χ2n) is 7.38. The van der Waals surface area contributed by atoms with Crippen LogP contribution in [0.15, 0.2) is 12.4 Å². The highest BCUT2D eigenvalue weighted by Gasteiger charge is 2.35. The van der Waals surface area contributed by atoms with Crippen LogP contribution in [0.5, 0.6) is 0 Å². The van der Waals surface area contributed by atoms with Gasteiger partial charge in [-0.05, 0) is 32.2 Å². The van der Waals surface area contributed by atoms with E-state index in [0.29, 0.717) is 12.0 Å². The number of rotatable bonds is 5. The van der Waals surface area contributed by atoms with Gasteiger partial charge in [-0.3, -0.25) is 9.80 Å². The van der Waals surface area contributed by atoms with E-state index < -0.39 is 0 Å². The summed E-state index contributed by atoms with van der Waals surface area (Å²) in [5.74, 6) is 1.82. The number of imidazole rings is 1. The quantitative estimate of drug-likeness (QED) is 0.842. The smallest absolute Gasteiger partial charge is 0.110 e. The van der Waals surface area contributed by atoms with Crippen molar-refractivity contribution in [1.29, 1.82) is 0 Å². The van der Waals surface area contributed by atoms with Crippen LogP contribution in [0.4, 0.5) is 0 Å². The van der Waals surface area contributed by atoms with Crippen LogP contribution >= 0.6 is 0 Å². The molecular formula is C19H34N4. The zero-order valence-electron chi connectivity index (χ0n) is 15.0. The van der Waals surface area contributed by atoms with Crippen molar-refractivity contribution >= 4 is 0 Å². The Labute approximate surface area is 141 Å². The van der Waals surface area contributed by atoms with Crippen LogP contribution in [0.25, 0.3) is 0 Å². The molecule has 4 nitrogen and oxygen atoms in total. The zero-order chi connectivity index (χ0) is 16.1. The Morgan fingerprint density at radius 3 is 2.78 bits per heavy atom. The number of H-pyrrole nitrogens is 1. The summed E-state index contributed by atoms with van der Waals surface area (Å²) >= 11 is 0. The van der Waals surface area contributed by atoms with Crippen LogP contribution in [-0.4, -0.2) is 58.0 Å². The molecular weight excluding hydrogens is 284 g/mol. The summed E-state index contributed by atoms with van der Waals surface area (Å²) in [6.45, 7) is 9.65. The summed E-state index contributed by atoms with van der Waals surface area (Å²) in [7, 11) is 0. The van der Waals surface area contributed by atoms with E-state index in [1.807, 2.05) is 12.4 Å². The topological polar surface area (TPSA) is 35.2 Å². The third-order valence-electron chi connectivity index (χ3n) is 5.94. The second kappa shape index (κ2) is 8.29. The van der Waals surface area contributed by atoms with Gasteiger partial charge in [0.25, 0.3) is 0 Å². The van der Waals surface area contributed by atoms with Gasteiger partial charge in [-0.2, -0.15) is 0 Å². The number of aromatic amines is 1. The first-order chi connectivity index (χ1) is 11.3. The minimum absolute atomic E-state index is 0.600. The molecule has 1 aromatic rings. The van der Waals surface area contributed by atoms with Gasteiger partial charge in [-0.1, -0.05) is 33.1 Å². The maximum Gasteiger partial charge on any atom is 0.110 e. The molecule has 1 aliphatic carbocycles. The molecule has 23 heavy (non-hydrogen) atoms. The Morgan fingerprint density at radius 1 is 1.17 bits per heavy atom. The molecule has 1 aromatic heterocycles. The molecule has 130 valence electrons. The molecule has 3 unspecified atom stereocenters. The zero-order valence-corrected chi connectivity index (χ0v) is 15.0. The summed E-state index contributed by atoms with van der Waals surface area (Å²) < 4.78 is 0. The molecule has 1 aliphatic heterocycles. The van der Waals surface area contributed by atoms with Gasteiger partial charge in [0.05, 0.1) is 0 Å². The van der Waals surface area contributed by atoms with E-state index in [9.17, 15) is 0 Å². The van der Waals surface area contributed by atoms with Gasteiger partial charge in [0.15, 0.2) is 0 Å². The largest absolute Gasteiger partial charge is 0.348 e. The summed E-state index contributed by atoms with van der Waals surface area (Å²) in [5, 5.41) is 0. The predicted molar refractivity (Wildman–Crippen MR) is 95.7 cm³/mol. The molecule has 1 N–H and O–H groups in total. The van der Waals surface area contributed by atoms with E-state index in [2.05, 4.69) is 33.6 Å².